The van der Waals surface area contributed by atoms with E-state index >= 15 is 0 Å². The Labute approximate surface area is 167 Å². The van der Waals surface area contributed by atoms with E-state index < -0.39 is 11.6 Å². The van der Waals surface area contributed by atoms with Crippen molar-refractivity contribution in [3.63, 3.8) is 0 Å². The van der Waals surface area contributed by atoms with E-state index in [4.69, 9.17) is 10.5 Å². The summed E-state index contributed by atoms with van der Waals surface area (Å²) in [6.45, 7) is 7.09. The fourth-order valence-electron chi connectivity index (χ4n) is 4.20. The third-order valence-corrected chi connectivity index (χ3v) is 5.65. The van der Waals surface area contributed by atoms with E-state index in [1.165, 1.54) is 0 Å². The highest BCUT2D eigenvalue weighted by Gasteiger charge is 2.48. The molecule has 1 aliphatic carbocycles. The van der Waals surface area contributed by atoms with Crippen molar-refractivity contribution in [2.45, 2.75) is 52.1 Å². The van der Waals surface area contributed by atoms with Gasteiger partial charge >= 0.3 is 5.97 Å². The molecule has 3 atom stereocenters. The molecule has 6 nitrogen and oxygen atoms in total. The van der Waals surface area contributed by atoms with Gasteiger partial charge in [0.2, 0.25) is 0 Å². The monoisotopic (exact) mass is 390 g/mol. The molecule has 0 unspecified atom stereocenters. The normalized spacial score (nSPS) is 24.8. The van der Waals surface area contributed by atoms with Crippen LogP contribution in [0.3, 0.4) is 0 Å². The Hall–Kier alpha value is -1.92. The molecule has 0 heterocycles. The van der Waals surface area contributed by atoms with Crippen molar-refractivity contribution in [1.29, 1.82) is 0 Å². The highest BCUT2D eigenvalue weighted by Crippen LogP contribution is 2.41. The second-order valence-corrected chi connectivity index (χ2v) is 8.29. The number of nitrogens with one attached hydrogen (secondary N) is 1. The van der Waals surface area contributed by atoms with Gasteiger partial charge < -0.3 is 20.9 Å². The zero-order chi connectivity index (χ0) is 20.7. The first-order chi connectivity index (χ1) is 13.3. The number of hydrogen-bond donors (Lipinski definition) is 3. The molecule has 0 saturated heterocycles. The van der Waals surface area contributed by atoms with Crippen molar-refractivity contribution in [2.75, 3.05) is 19.7 Å². The highest BCUT2D eigenvalue weighted by atomic mass is 16.5. The molecule has 156 valence electrons. The predicted molar refractivity (Wildman–Crippen MR) is 109 cm³/mol. The Kier molecular flexibility index (Phi) is 8.01. The number of carbonyl (C=O) groups is 2. The minimum Gasteiger partial charge on any atom is -0.461 e. The van der Waals surface area contributed by atoms with E-state index in [0.717, 1.165) is 18.4 Å². The third-order valence-electron chi connectivity index (χ3n) is 5.65. The second kappa shape index (κ2) is 10.0. The molecular formula is C22H34N2O4. The van der Waals surface area contributed by atoms with E-state index in [-0.39, 0.29) is 30.9 Å². The van der Waals surface area contributed by atoms with Crippen molar-refractivity contribution in [3.05, 3.63) is 35.4 Å². The number of esters is 1. The Morgan fingerprint density at radius 3 is 2.79 bits per heavy atom. The van der Waals surface area contributed by atoms with Crippen LogP contribution in [0.15, 0.2) is 24.3 Å². The Bertz CT molecular complexity index is 676. The van der Waals surface area contributed by atoms with Crippen molar-refractivity contribution in [3.8, 4) is 0 Å². The second-order valence-electron chi connectivity index (χ2n) is 8.29. The summed E-state index contributed by atoms with van der Waals surface area (Å²) < 4.78 is 5.04. The summed E-state index contributed by atoms with van der Waals surface area (Å²) in [5.41, 5.74) is 5.44. The molecule has 4 N–H and O–H groups in total. The molecule has 2 rings (SSSR count). The van der Waals surface area contributed by atoms with Gasteiger partial charge in [-0.2, -0.15) is 0 Å². The number of rotatable bonds is 8. The Morgan fingerprint density at radius 2 is 2.11 bits per heavy atom. The average molecular weight is 391 g/mol. The maximum absolute atomic E-state index is 12.8. The van der Waals surface area contributed by atoms with Gasteiger partial charge in [-0.3, -0.25) is 4.79 Å². The molecule has 1 aliphatic rings. The minimum atomic E-state index is -1.31. The quantitative estimate of drug-likeness (QED) is 0.591. The maximum Gasteiger partial charge on any atom is 0.338 e. The van der Waals surface area contributed by atoms with Gasteiger partial charge in [0.1, 0.15) is 12.2 Å². The van der Waals surface area contributed by atoms with Crippen molar-refractivity contribution in [2.24, 2.45) is 23.5 Å². The van der Waals surface area contributed by atoms with Crippen LogP contribution in [0.2, 0.25) is 0 Å². The molecule has 1 fully saturated rings. The van der Waals surface area contributed by atoms with Gasteiger partial charge in [-0.05, 0) is 54.7 Å². The number of carbonyl (C=O) groups excluding carboxylic acids is 2. The van der Waals surface area contributed by atoms with Crippen LogP contribution < -0.4 is 11.1 Å². The number of benzene rings is 1. The summed E-state index contributed by atoms with van der Waals surface area (Å²) in [5, 5.41) is 14.1. The number of aliphatic hydroxyl groups is 1. The summed E-state index contributed by atoms with van der Waals surface area (Å²) in [4.78, 5) is 24.8. The molecule has 1 aromatic rings. The number of hydrogen-bond acceptors (Lipinski definition) is 5. The minimum absolute atomic E-state index is 0.0238. The van der Waals surface area contributed by atoms with Gasteiger partial charge in [0, 0.05) is 13.1 Å². The summed E-state index contributed by atoms with van der Waals surface area (Å²) in [6.07, 6.45) is 2.99. The topological polar surface area (TPSA) is 102 Å². The molecule has 6 heteroatoms. The van der Waals surface area contributed by atoms with Crippen LogP contribution in [-0.4, -0.2) is 42.3 Å². The van der Waals surface area contributed by atoms with Gasteiger partial charge in [0.25, 0.3) is 5.91 Å². The lowest BCUT2D eigenvalue weighted by atomic mass is 9.66. The fraction of sp³-hybridized carbons (Fsp3) is 0.636. The zero-order valence-corrected chi connectivity index (χ0v) is 17.2. The molecule has 0 aliphatic heterocycles. The van der Waals surface area contributed by atoms with E-state index in [9.17, 15) is 14.7 Å². The molecule has 1 saturated carbocycles. The van der Waals surface area contributed by atoms with Gasteiger partial charge in [-0.15, -0.1) is 0 Å². The molecule has 28 heavy (non-hydrogen) atoms. The summed E-state index contributed by atoms with van der Waals surface area (Å²) in [7, 11) is 0. The molecule has 1 amide bonds. The number of nitrogens with two attached hydrogens (primary N) is 1. The molecule has 0 bridgehead atoms. The number of amides is 1. The van der Waals surface area contributed by atoms with E-state index in [1.54, 1.807) is 18.2 Å². The van der Waals surface area contributed by atoms with Crippen LogP contribution in [0.4, 0.5) is 0 Å². The lowest BCUT2D eigenvalue weighted by Gasteiger charge is -2.43. The summed E-state index contributed by atoms with van der Waals surface area (Å²) >= 11 is 0. The predicted octanol–water partition coefficient (Wildman–Crippen LogP) is 2.28. The Balaban J connectivity index is 1.95. The number of ether oxygens (including phenoxy) is 1. The first kappa shape index (κ1) is 22.4. The molecule has 0 aromatic heterocycles. The van der Waals surface area contributed by atoms with E-state index in [1.807, 2.05) is 6.07 Å². The molecule has 0 radical (unpaired) electrons. The van der Waals surface area contributed by atoms with Crippen LogP contribution in [0.1, 0.15) is 56.0 Å². The summed E-state index contributed by atoms with van der Waals surface area (Å²) in [6, 6.07) is 7.15. The van der Waals surface area contributed by atoms with Crippen molar-refractivity contribution in [1.82, 2.24) is 5.32 Å². The summed E-state index contributed by atoms with van der Waals surface area (Å²) in [5.74, 6) is -0.122. The Morgan fingerprint density at radius 1 is 1.36 bits per heavy atom. The smallest absolute Gasteiger partial charge is 0.338 e. The van der Waals surface area contributed by atoms with Gasteiger partial charge in [-0.1, -0.05) is 39.3 Å². The maximum atomic E-state index is 12.8. The first-order valence-corrected chi connectivity index (χ1v) is 10.2. The largest absolute Gasteiger partial charge is 0.461 e. The fourth-order valence-corrected chi connectivity index (χ4v) is 4.20. The van der Waals surface area contributed by atoms with Crippen molar-refractivity contribution < 1.29 is 19.4 Å². The SMILES string of the molecule is CC(C)[C@@H]1CC[C@@H](C)C[C@@]1(O)C(=O)NCCc1cccc(C(=O)OCCN)c1. The third kappa shape index (κ3) is 5.55. The molecular weight excluding hydrogens is 356 g/mol. The van der Waals surface area contributed by atoms with Crippen LogP contribution in [0.25, 0.3) is 0 Å². The average Bonchev–Trinajstić information content (AvgIpc) is 2.65. The van der Waals surface area contributed by atoms with Crippen LogP contribution in [-0.2, 0) is 16.0 Å². The van der Waals surface area contributed by atoms with E-state index in [0.29, 0.717) is 30.9 Å². The van der Waals surface area contributed by atoms with Gasteiger partial charge in [0.15, 0.2) is 0 Å². The standard InChI is InChI=1S/C22H34N2O4/c1-15(2)19-8-7-16(3)14-22(19,27)21(26)24-11-9-17-5-4-6-18(13-17)20(25)28-12-10-23/h4-6,13,15-16,19,27H,7-12,14,23H2,1-3H3,(H,24,26)/t16-,19+,22+/m1/s1. The van der Waals surface area contributed by atoms with Gasteiger partial charge in [0.05, 0.1) is 5.56 Å². The van der Waals surface area contributed by atoms with E-state index in [2.05, 4.69) is 26.1 Å². The zero-order valence-electron chi connectivity index (χ0n) is 17.2. The van der Waals surface area contributed by atoms with Crippen LogP contribution in [0, 0.1) is 17.8 Å². The highest BCUT2D eigenvalue weighted by molar-refractivity contribution is 5.89. The van der Waals surface area contributed by atoms with Gasteiger partial charge in [-0.25, -0.2) is 4.79 Å². The lowest BCUT2D eigenvalue weighted by Crippen LogP contribution is -2.56. The first-order valence-electron chi connectivity index (χ1n) is 10.2. The van der Waals surface area contributed by atoms with Crippen molar-refractivity contribution >= 4 is 11.9 Å². The van der Waals surface area contributed by atoms with Crippen LogP contribution in [0.5, 0.6) is 0 Å². The lowest BCUT2D eigenvalue weighted by molar-refractivity contribution is -0.155. The molecule has 0 spiro atoms. The molecule has 1 aromatic carbocycles. The van der Waals surface area contributed by atoms with Crippen LogP contribution >= 0.6 is 0 Å².